The summed E-state index contributed by atoms with van der Waals surface area (Å²) in [5.74, 6) is 0.923. The summed E-state index contributed by atoms with van der Waals surface area (Å²) in [5.41, 5.74) is 4.91. The van der Waals surface area contributed by atoms with Gasteiger partial charge < -0.3 is 24.2 Å². The molecule has 234 valence electrons. The lowest BCUT2D eigenvalue weighted by Crippen LogP contribution is -2.67. The molecule has 4 heterocycles. The highest BCUT2D eigenvalue weighted by atomic mass is 35.5. The maximum Gasteiger partial charge on any atom is 0.409 e. The lowest BCUT2D eigenvalue weighted by Gasteiger charge is -2.58. The maximum atomic E-state index is 13.0. The molecular weight excluding hydrogens is 582 g/mol. The second-order valence-corrected chi connectivity index (χ2v) is 13.5. The summed E-state index contributed by atoms with van der Waals surface area (Å²) in [5, 5.41) is 14.6. The van der Waals surface area contributed by atoms with Crippen molar-refractivity contribution in [1.82, 2.24) is 29.8 Å². The number of methoxy groups -OCH3 is 1. The van der Waals surface area contributed by atoms with Gasteiger partial charge in [0.25, 0.3) is 0 Å². The maximum absolute atomic E-state index is 13.0. The number of aryl methyl sites for hydroxylation is 1. The zero-order valence-electron chi connectivity index (χ0n) is 25.7. The zero-order chi connectivity index (χ0) is 30.8. The Morgan fingerprint density at radius 1 is 1.14 bits per heavy atom. The van der Waals surface area contributed by atoms with Crippen molar-refractivity contribution in [2.45, 2.75) is 57.5 Å². The summed E-state index contributed by atoms with van der Waals surface area (Å²) in [6.07, 6.45) is 7.96. The standard InChI is InChI=1S/C32H40ClN7O4/c1-5-25(41)38-17-31(18-38)14-22(15-31)40-21(3)26(27-23-16-34-35-24(23)13-20(2)28(27)33)29(36-40)39-10-9-37(19-32(39)7-6-8-32)30(42)44-12-11-43-4/h5,13,16,22H,1,6-12,14-15,17-19H2,2-4H3,(H,34,35). The molecule has 44 heavy (non-hydrogen) atoms. The first-order valence-electron chi connectivity index (χ1n) is 15.5. The van der Waals surface area contributed by atoms with Gasteiger partial charge in [-0.25, -0.2) is 4.79 Å². The number of aromatic amines is 1. The Morgan fingerprint density at radius 3 is 2.59 bits per heavy atom. The molecule has 3 aromatic rings. The van der Waals surface area contributed by atoms with Crippen molar-refractivity contribution in [2.75, 3.05) is 57.9 Å². The molecule has 2 saturated carbocycles. The van der Waals surface area contributed by atoms with Gasteiger partial charge in [0.15, 0.2) is 5.82 Å². The third-order valence-electron chi connectivity index (χ3n) is 10.4. The van der Waals surface area contributed by atoms with E-state index in [0.717, 1.165) is 84.3 Å². The van der Waals surface area contributed by atoms with Crippen LogP contribution in [0.4, 0.5) is 10.6 Å². The van der Waals surface area contributed by atoms with Gasteiger partial charge in [0.05, 0.1) is 34.9 Å². The molecule has 12 heteroatoms. The topological polar surface area (TPSA) is 109 Å². The van der Waals surface area contributed by atoms with Crippen LogP contribution >= 0.6 is 11.6 Å². The van der Waals surface area contributed by atoms with E-state index in [0.29, 0.717) is 31.3 Å². The number of nitrogens with zero attached hydrogens (tertiary/aromatic N) is 6. The predicted molar refractivity (Wildman–Crippen MR) is 168 cm³/mol. The number of halogens is 1. The number of ether oxygens (including phenoxy) is 2. The van der Waals surface area contributed by atoms with Crippen molar-refractivity contribution in [3.63, 3.8) is 0 Å². The van der Waals surface area contributed by atoms with Crippen LogP contribution in [-0.4, -0.2) is 100 Å². The van der Waals surface area contributed by atoms with Crippen molar-refractivity contribution in [1.29, 1.82) is 0 Å². The van der Waals surface area contributed by atoms with Crippen LogP contribution in [0.15, 0.2) is 24.9 Å². The van der Waals surface area contributed by atoms with Crippen molar-refractivity contribution in [2.24, 2.45) is 5.41 Å². The fraction of sp³-hybridized carbons (Fsp3) is 0.562. The number of rotatable bonds is 7. The minimum Gasteiger partial charge on any atom is -0.447 e. The van der Waals surface area contributed by atoms with E-state index >= 15 is 0 Å². The Bertz CT molecular complexity index is 1630. The molecule has 2 spiro atoms. The van der Waals surface area contributed by atoms with Crippen LogP contribution in [0.3, 0.4) is 0 Å². The number of likely N-dealkylation sites (tertiary alicyclic amines) is 1. The third-order valence-corrected chi connectivity index (χ3v) is 10.9. The molecule has 4 fully saturated rings. The summed E-state index contributed by atoms with van der Waals surface area (Å²) in [7, 11) is 1.60. The Labute approximate surface area is 262 Å². The van der Waals surface area contributed by atoms with E-state index in [4.69, 9.17) is 26.2 Å². The molecule has 0 atom stereocenters. The smallest absolute Gasteiger partial charge is 0.409 e. The summed E-state index contributed by atoms with van der Waals surface area (Å²) in [6.45, 7) is 11.8. The SMILES string of the molecule is C=CC(=O)N1CC2(CC(n3nc(N4CCN(C(=O)OCCOC)CC45CCC5)c(-c4c(Cl)c(C)cc5[nH]ncc45)c3C)C2)C1. The number of nitrogens with one attached hydrogen (secondary N) is 1. The number of hydrogen-bond acceptors (Lipinski definition) is 7. The van der Waals surface area contributed by atoms with Crippen LogP contribution < -0.4 is 4.90 Å². The van der Waals surface area contributed by atoms with Crippen LogP contribution in [0.5, 0.6) is 0 Å². The lowest BCUT2D eigenvalue weighted by atomic mass is 9.60. The van der Waals surface area contributed by atoms with E-state index in [1.165, 1.54) is 6.08 Å². The van der Waals surface area contributed by atoms with Gasteiger partial charge in [0.1, 0.15) is 6.61 Å². The third kappa shape index (κ3) is 4.50. The molecule has 0 bridgehead atoms. The minimum absolute atomic E-state index is 0.00431. The second-order valence-electron chi connectivity index (χ2n) is 13.2. The highest BCUT2D eigenvalue weighted by Gasteiger charge is 2.55. The fourth-order valence-corrected chi connectivity index (χ4v) is 8.24. The molecule has 2 aromatic heterocycles. The van der Waals surface area contributed by atoms with Crippen molar-refractivity contribution in [3.8, 4) is 11.1 Å². The van der Waals surface area contributed by atoms with Crippen LogP contribution in [0.2, 0.25) is 5.02 Å². The Balaban J connectivity index is 1.26. The minimum atomic E-state index is -0.291. The Morgan fingerprint density at radius 2 is 1.91 bits per heavy atom. The molecule has 1 N–H and O–H groups in total. The van der Waals surface area contributed by atoms with Crippen molar-refractivity contribution >= 4 is 40.3 Å². The summed E-state index contributed by atoms with van der Waals surface area (Å²) in [6, 6.07) is 2.28. The number of amides is 2. The van der Waals surface area contributed by atoms with Gasteiger partial charge in [0, 0.05) is 67.5 Å². The highest BCUT2D eigenvalue weighted by Crippen LogP contribution is 2.56. The highest BCUT2D eigenvalue weighted by molar-refractivity contribution is 6.36. The second kappa shape index (κ2) is 10.8. The summed E-state index contributed by atoms with van der Waals surface area (Å²) >= 11 is 7.14. The fourth-order valence-electron chi connectivity index (χ4n) is 7.99. The number of piperazine rings is 1. The molecule has 2 amide bonds. The van der Waals surface area contributed by atoms with E-state index in [9.17, 15) is 9.59 Å². The Kier molecular flexibility index (Phi) is 7.16. The van der Waals surface area contributed by atoms with Gasteiger partial charge >= 0.3 is 6.09 Å². The molecule has 0 unspecified atom stereocenters. The molecule has 4 aliphatic rings. The average molecular weight is 622 g/mol. The van der Waals surface area contributed by atoms with Gasteiger partial charge in [-0.15, -0.1) is 0 Å². The van der Waals surface area contributed by atoms with E-state index in [1.54, 1.807) is 7.11 Å². The van der Waals surface area contributed by atoms with Gasteiger partial charge in [0.2, 0.25) is 5.91 Å². The number of H-pyrrole nitrogens is 1. The molecule has 0 radical (unpaired) electrons. The first-order chi connectivity index (χ1) is 21.2. The number of hydrogen-bond donors (Lipinski definition) is 1. The lowest BCUT2D eigenvalue weighted by molar-refractivity contribution is -0.149. The first kappa shape index (κ1) is 29.2. The predicted octanol–water partition coefficient (Wildman–Crippen LogP) is 4.87. The number of aromatic nitrogens is 4. The quantitative estimate of drug-likeness (QED) is 0.296. The normalized spacial score (nSPS) is 20.5. The van der Waals surface area contributed by atoms with Crippen LogP contribution in [0.25, 0.3) is 22.0 Å². The van der Waals surface area contributed by atoms with Gasteiger partial charge in [-0.2, -0.15) is 10.2 Å². The largest absolute Gasteiger partial charge is 0.447 e. The van der Waals surface area contributed by atoms with E-state index in [2.05, 4.69) is 33.3 Å². The van der Waals surface area contributed by atoms with Gasteiger partial charge in [-0.1, -0.05) is 18.2 Å². The van der Waals surface area contributed by atoms with E-state index < -0.39 is 0 Å². The van der Waals surface area contributed by atoms with Crippen LogP contribution in [0, 0.1) is 19.3 Å². The van der Waals surface area contributed by atoms with Gasteiger partial charge in [-0.3, -0.25) is 14.6 Å². The molecule has 11 nitrogen and oxygen atoms in total. The molecular formula is C32H40ClN7O4. The number of carbonyl (C=O) groups excluding carboxylic acids is 2. The number of carbonyl (C=O) groups is 2. The molecule has 2 saturated heterocycles. The molecule has 2 aliphatic heterocycles. The summed E-state index contributed by atoms with van der Waals surface area (Å²) < 4.78 is 12.8. The van der Waals surface area contributed by atoms with Crippen molar-refractivity contribution < 1.29 is 19.1 Å². The molecule has 1 aromatic carbocycles. The molecule has 2 aliphatic carbocycles. The van der Waals surface area contributed by atoms with Crippen molar-refractivity contribution in [3.05, 3.63) is 41.2 Å². The number of fused-ring (bicyclic) bond motifs is 1. The van der Waals surface area contributed by atoms with Crippen LogP contribution in [-0.2, 0) is 14.3 Å². The average Bonchev–Trinajstić information content (AvgIpc) is 3.55. The van der Waals surface area contributed by atoms with E-state index in [-0.39, 0.29) is 35.6 Å². The number of anilines is 1. The van der Waals surface area contributed by atoms with Crippen LogP contribution in [0.1, 0.15) is 49.4 Å². The summed E-state index contributed by atoms with van der Waals surface area (Å²) in [4.78, 5) is 31.2. The number of benzene rings is 1. The zero-order valence-corrected chi connectivity index (χ0v) is 26.5. The monoisotopic (exact) mass is 621 g/mol. The first-order valence-corrected chi connectivity index (χ1v) is 15.9. The van der Waals surface area contributed by atoms with E-state index in [1.807, 2.05) is 29.0 Å². The Hall–Kier alpha value is -3.57. The van der Waals surface area contributed by atoms with Gasteiger partial charge in [-0.05, 0) is 63.7 Å². The molecule has 7 rings (SSSR count).